The maximum absolute atomic E-state index is 11.3. The van der Waals surface area contributed by atoms with Gasteiger partial charge < -0.3 is 15.1 Å². The topological polar surface area (TPSA) is 86.6 Å². The summed E-state index contributed by atoms with van der Waals surface area (Å²) in [5.41, 5.74) is 1.19. The zero-order valence-corrected chi connectivity index (χ0v) is 13.8. The number of thiophene rings is 1. The Labute approximate surface area is 141 Å². The number of fused-ring (bicyclic) bond motifs is 3. The van der Waals surface area contributed by atoms with Crippen LogP contribution in [0.2, 0.25) is 5.15 Å². The number of aromatic nitrogens is 2. The highest BCUT2D eigenvalue weighted by Crippen LogP contribution is 2.42. The van der Waals surface area contributed by atoms with E-state index in [1.807, 2.05) is 0 Å². The molecule has 8 heteroatoms. The minimum absolute atomic E-state index is 0.125. The number of aryl methyl sites for hydroxylation is 1. The molecular weight excluding hydrogens is 338 g/mol. The fourth-order valence-corrected chi connectivity index (χ4v) is 5.50. The van der Waals surface area contributed by atoms with E-state index < -0.39 is 12.2 Å². The number of hydrogen-bond acceptors (Lipinski definition) is 6. The van der Waals surface area contributed by atoms with Gasteiger partial charge in [0.2, 0.25) is 6.41 Å². The fourth-order valence-electron chi connectivity index (χ4n) is 3.92. The van der Waals surface area contributed by atoms with Crippen LogP contribution in [0.15, 0.2) is 6.33 Å². The van der Waals surface area contributed by atoms with Crippen LogP contribution < -0.4 is 0 Å². The molecule has 1 unspecified atom stereocenters. The molecular formula is C15H16ClN3O3S. The van der Waals surface area contributed by atoms with Gasteiger partial charge >= 0.3 is 0 Å². The average molecular weight is 354 g/mol. The van der Waals surface area contributed by atoms with E-state index in [1.54, 1.807) is 11.3 Å². The third-order valence-electron chi connectivity index (χ3n) is 4.98. The molecule has 0 bridgehead atoms. The zero-order chi connectivity index (χ0) is 16.1. The quantitative estimate of drug-likeness (QED) is 0.621. The molecule has 1 fully saturated rings. The Morgan fingerprint density at radius 2 is 2.22 bits per heavy atom. The van der Waals surface area contributed by atoms with Gasteiger partial charge in [0.1, 0.15) is 22.4 Å². The molecule has 122 valence electrons. The predicted molar refractivity (Wildman–Crippen MR) is 86.5 cm³/mol. The minimum Gasteiger partial charge on any atom is -0.388 e. The van der Waals surface area contributed by atoms with E-state index in [9.17, 15) is 15.0 Å². The van der Waals surface area contributed by atoms with Gasteiger partial charge in [0.25, 0.3) is 0 Å². The third-order valence-corrected chi connectivity index (χ3v) is 6.43. The number of likely N-dealkylation sites (tertiary alicyclic amines) is 1. The number of carbonyl (C=O) groups is 1. The molecule has 4 atom stereocenters. The molecule has 6 nitrogen and oxygen atoms in total. The molecule has 0 radical (unpaired) electrons. The molecule has 1 amide bonds. The fraction of sp³-hybridized carbons (Fsp3) is 0.533. The lowest BCUT2D eigenvalue weighted by molar-refractivity contribution is -0.120. The summed E-state index contributed by atoms with van der Waals surface area (Å²) >= 11 is 7.82. The molecule has 2 N–H and O–H groups in total. The number of halogens is 1. The molecule has 1 aliphatic carbocycles. The summed E-state index contributed by atoms with van der Waals surface area (Å²) in [7, 11) is 0. The van der Waals surface area contributed by atoms with Gasteiger partial charge in [0, 0.05) is 11.4 Å². The van der Waals surface area contributed by atoms with Gasteiger partial charge in [-0.3, -0.25) is 4.79 Å². The highest BCUT2D eigenvalue weighted by atomic mass is 35.5. The van der Waals surface area contributed by atoms with Crippen molar-refractivity contribution in [3.8, 4) is 0 Å². The van der Waals surface area contributed by atoms with E-state index in [0.717, 1.165) is 35.9 Å². The highest BCUT2D eigenvalue weighted by molar-refractivity contribution is 7.19. The van der Waals surface area contributed by atoms with Crippen molar-refractivity contribution >= 4 is 39.6 Å². The maximum Gasteiger partial charge on any atom is 0.210 e. The lowest BCUT2D eigenvalue weighted by atomic mass is 9.81. The van der Waals surface area contributed by atoms with Gasteiger partial charge in [-0.2, -0.15) is 0 Å². The van der Waals surface area contributed by atoms with Gasteiger partial charge in [-0.1, -0.05) is 11.6 Å². The first-order valence-corrected chi connectivity index (χ1v) is 8.77. The average Bonchev–Trinajstić information content (AvgIpc) is 3.05. The van der Waals surface area contributed by atoms with Gasteiger partial charge in [-0.05, 0) is 30.7 Å². The standard InChI is InChI=1S/C15H16ClN3O3S/c16-14-11-8-2-1-7(3-10(8)23-15(11)18-5-17-14)12-13(22)9(21)4-19(12)6-20/h5-7,9,12-13,21-22H,1-4H2/t7-,9-,12?,13+/m0/s1. The van der Waals surface area contributed by atoms with E-state index in [-0.39, 0.29) is 18.5 Å². The van der Waals surface area contributed by atoms with Crippen molar-refractivity contribution < 1.29 is 15.0 Å². The van der Waals surface area contributed by atoms with Crippen LogP contribution in [0.4, 0.5) is 0 Å². The monoisotopic (exact) mass is 353 g/mol. The van der Waals surface area contributed by atoms with E-state index in [4.69, 9.17) is 11.6 Å². The molecule has 1 saturated heterocycles. The lowest BCUT2D eigenvalue weighted by Gasteiger charge is -2.33. The molecule has 1 aliphatic heterocycles. The summed E-state index contributed by atoms with van der Waals surface area (Å²) in [5.74, 6) is 0.125. The van der Waals surface area contributed by atoms with E-state index >= 15 is 0 Å². The summed E-state index contributed by atoms with van der Waals surface area (Å²) < 4.78 is 0. The summed E-state index contributed by atoms with van der Waals surface area (Å²) in [6.45, 7) is 0.197. The van der Waals surface area contributed by atoms with Crippen LogP contribution in [0.3, 0.4) is 0 Å². The van der Waals surface area contributed by atoms with Crippen molar-refractivity contribution in [1.29, 1.82) is 0 Å². The van der Waals surface area contributed by atoms with Crippen LogP contribution in [0.1, 0.15) is 16.9 Å². The minimum atomic E-state index is -0.885. The Balaban J connectivity index is 1.68. The predicted octanol–water partition coefficient (Wildman–Crippen LogP) is 1.01. The van der Waals surface area contributed by atoms with Crippen LogP contribution in [-0.2, 0) is 17.6 Å². The Hall–Kier alpha value is -1.28. The van der Waals surface area contributed by atoms with E-state index in [2.05, 4.69) is 9.97 Å². The van der Waals surface area contributed by atoms with Gasteiger partial charge in [0.05, 0.1) is 17.5 Å². The van der Waals surface area contributed by atoms with Crippen LogP contribution in [-0.4, -0.2) is 56.3 Å². The normalized spacial score (nSPS) is 30.7. The number of nitrogens with zero attached hydrogens (tertiary/aromatic N) is 3. The molecule has 2 aromatic rings. The first kappa shape index (κ1) is 15.3. The highest BCUT2D eigenvalue weighted by Gasteiger charge is 2.44. The summed E-state index contributed by atoms with van der Waals surface area (Å²) in [5, 5.41) is 21.5. The van der Waals surface area contributed by atoms with Crippen molar-refractivity contribution in [3.63, 3.8) is 0 Å². The number of aliphatic hydroxyl groups excluding tert-OH is 2. The summed E-state index contributed by atoms with van der Waals surface area (Å²) in [6, 6.07) is -0.331. The first-order chi connectivity index (χ1) is 11.1. The van der Waals surface area contributed by atoms with Crippen molar-refractivity contribution in [2.45, 2.75) is 37.5 Å². The molecule has 23 heavy (non-hydrogen) atoms. The lowest BCUT2D eigenvalue weighted by Crippen LogP contribution is -2.43. The number of aliphatic hydroxyl groups is 2. The van der Waals surface area contributed by atoms with Crippen molar-refractivity contribution in [2.24, 2.45) is 5.92 Å². The number of β-amino-alcohol motifs (C(OH)–C–C–N with tert-alkyl or cyclic N) is 1. The zero-order valence-electron chi connectivity index (χ0n) is 12.2. The smallest absolute Gasteiger partial charge is 0.210 e. The van der Waals surface area contributed by atoms with E-state index in [0.29, 0.717) is 5.15 Å². The van der Waals surface area contributed by atoms with Crippen LogP contribution >= 0.6 is 22.9 Å². The summed E-state index contributed by atoms with van der Waals surface area (Å²) in [4.78, 5) is 23.2. The Morgan fingerprint density at radius 3 is 3.00 bits per heavy atom. The molecule has 0 aromatic carbocycles. The molecule has 0 spiro atoms. The molecule has 3 heterocycles. The van der Waals surface area contributed by atoms with Gasteiger partial charge in [-0.15, -0.1) is 11.3 Å². The third kappa shape index (κ3) is 2.34. The number of amides is 1. The Kier molecular flexibility index (Phi) is 3.76. The second kappa shape index (κ2) is 5.66. The van der Waals surface area contributed by atoms with Crippen LogP contribution in [0.25, 0.3) is 10.2 Å². The van der Waals surface area contributed by atoms with Crippen molar-refractivity contribution in [1.82, 2.24) is 14.9 Å². The molecule has 2 aliphatic rings. The van der Waals surface area contributed by atoms with Crippen LogP contribution in [0, 0.1) is 5.92 Å². The second-order valence-corrected chi connectivity index (χ2v) is 7.64. The molecule has 4 rings (SSSR count). The number of hydrogen-bond donors (Lipinski definition) is 2. The molecule has 2 aromatic heterocycles. The maximum atomic E-state index is 11.3. The van der Waals surface area contributed by atoms with Crippen molar-refractivity contribution in [3.05, 3.63) is 21.9 Å². The summed E-state index contributed by atoms with van der Waals surface area (Å²) in [6.07, 6.45) is 2.86. The SMILES string of the molecule is O=CN1C[C@H](O)[C@@H](O)C1[C@H]1CCc2c(sc3ncnc(Cl)c23)C1. The first-order valence-electron chi connectivity index (χ1n) is 7.58. The van der Waals surface area contributed by atoms with Gasteiger partial charge in [0.15, 0.2) is 0 Å². The number of carbonyl (C=O) groups excluding carboxylic acids is 1. The Morgan fingerprint density at radius 1 is 1.39 bits per heavy atom. The van der Waals surface area contributed by atoms with Crippen LogP contribution in [0.5, 0.6) is 0 Å². The number of rotatable bonds is 2. The largest absolute Gasteiger partial charge is 0.388 e. The van der Waals surface area contributed by atoms with E-state index in [1.165, 1.54) is 21.7 Å². The Bertz CT molecular complexity index is 768. The van der Waals surface area contributed by atoms with Crippen molar-refractivity contribution in [2.75, 3.05) is 6.54 Å². The molecule has 0 saturated carbocycles. The second-order valence-electron chi connectivity index (χ2n) is 6.20. The van der Waals surface area contributed by atoms with Gasteiger partial charge in [-0.25, -0.2) is 9.97 Å².